The van der Waals surface area contributed by atoms with Gasteiger partial charge in [0, 0.05) is 51.9 Å². The summed E-state index contributed by atoms with van der Waals surface area (Å²) in [6, 6.07) is 0.577. The molecule has 3 rings (SSSR count). The van der Waals surface area contributed by atoms with Crippen LogP contribution in [-0.4, -0.2) is 74.2 Å². The number of amides is 1. The fraction of sp³-hybridized carbons (Fsp3) is 0.933. The molecule has 3 fully saturated rings. The first-order chi connectivity index (χ1) is 9.83. The lowest BCUT2D eigenvalue weighted by atomic mass is 10.2. The number of nitrogens with one attached hydrogen (secondary N) is 1. The quantitative estimate of drug-likeness (QED) is 0.712. The van der Waals surface area contributed by atoms with Crippen LogP contribution in [0.25, 0.3) is 0 Å². The van der Waals surface area contributed by atoms with Crippen molar-refractivity contribution in [1.82, 2.24) is 15.1 Å². The molecular formula is C15H27N3O2. The van der Waals surface area contributed by atoms with Gasteiger partial charge in [-0.25, -0.2) is 0 Å². The Hall–Kier alpha value is -0.650. The van der Waals surface area contributed by atoms with E-state index in [4.69, 9.17) is 4.74 Å². The maximum Gasteiger partial charge on any atom is 0.224 e. The third-order valence-corrected chi connectivity index (χ3v) is 4.69. The number of likely N-dealkylation sites (tertiary alicyclic amines) is 1. The molecule has 1 saturated carbocycles. The Morgan fingerprint density at radius 3 is 2.70 bits per heavy atom. The van der Waals surface area contributed by atoms with Crippen LogP contribution in [0, 0.1) is 5.92 Å². The third-order valence-electron chi connectivity index (χ3n) is 4.69. The second-order valence-electron chi connectivity index (χ2n) is 6.34. The second-order valence-corrected chi connectivity index (χ2v) is 6.34. The largest absolute Gasteiger partial charge is 0.381 e. The van der Waals surface area contributed by atoms with Crippen molar-refractivity contribution in [2.75, 3.05) is 52.5 Å². The monoisotopic (exact) mass is 281 g/mol. The number of carbonyl (C=O) groups excluding carboxylic acids is 1. The molecule has 0 radical (unpaired) electrons. The molecule has 1 aliphatic carbocycles. The molecule has 5 nitrogen and oxygen atoms in total. The minimum Gasteiger partial charge on any atom is -0.381 e. The van der Waals surface area contributed by atoms with E-state index in [9.17, 15) is 4.79 Å². The van der Waals surface area contributed by atoms with E-state index in [-0.39, 0.29) is 5.91 Å². The molecule has 1 N–H and O–H groups in total. The van der Waals surface area contributed by atoms with E-state index in [1.165, 1.54) is 12.8 Å². The lowest BCUT2D eigenvalue weighted by Gasteiger charge is -2.32. The van der Waals surface area contributed by atoms with Crippen LogP contribution >= 0.6 is 0 Å². The first kappa shape index (κ1) is 14.3. The van der Waals surface area contributed by atoms with Gasteiger partial charge in [-0.3, -0.25) is 9.69 Å². The summed E-state index contributed by atoms with van der Waals surface area (Å²) in [4.78, 5) is 16.7. The maximum atomic E-state index is 12.1. The van der Waals surface area contributed by atoms with Gasteiger partial charge in [-0.05, 0) is 25.2 Å². The minimum atomic E-state index is 0.276. The van der Waals surface area contributed by atoms with Gasteiger partial charge >= 0.3 is 0 Å². The average molecular weight is 281 g/mol. The van der Waals surface area contributed by atoms with Gasteiger partial charge in [0.25, 0.3) is 0 Å². The molecule has 20 heavy (non-hydrogen) atoms. The van der Waals surface area contributed by atoms with E-state index < -0.39 is 0 Å². The van der Waals surface area contributed by atoms with Crippen LogP contribution in [0.3, 0.4) is 0 Å². The predicted molar refractivity (Wildman–Crippen MR) is 77.6 cm³/mol. The van der Waals surface area contributed by atoms with Gasteiger partial charge in [-0.1, -0.05) is 0 Å². The van der Waals surface area contributed by atoms with E-state index in [2.05, 4.69) is 10.2 Å². The second kappa shape index (κ2) is 6.87. The molecule has 2 saturated heterocycles. The summed E-state index contributed by atoms with van der Waals surface area (Å²) in [5.41, 5.74) is 0. The summed E-state index contributed by atoms with van der Waals surface area (Å²) in [6.07, 6.45) is 4.31. The van der Waals surface area contributed by atoms with Crippen LogP contribution in [0.2, 0.25) is 0 Å². The molecule has 1 amide bonds. The molecule has 114 valence electrons. The Morgan fingerprint density at radius 1 is 1.15 bits per heavy atom. The van der Waals surface area contributed by atoms with Gasteiger partial charge < -0.3 is 15.0 Å². The van der Waals surface area contributed by atoms with Crippen molar-refractivity contribution in [3.63, 3.8) is 0 Å². The molecule has 2 heterocycles. The number of hydrogen-bond acceptors (Lipinski definition) is 4. The third kappa shape index (κ3) is 3.93. The van der Waals surface area contributed by atoms with Crippen molar-refractivity contribution in [2.45, 2.75) is 31.7 Å². The van der Waals surface area contributed by atoms with Crippen LogP contribution in [-0.2, 0) is 9.53 Å². The highest BCUT2D eigenvalue weighted by Gasteiger charge is 2.30. The van der Waals surface area contributed by atoms with Gasteiger partial charge in [0.05, 0.1) is 13.0 Å². The lowest BCUT2D eigenvalue weighted by Crippen LogP contribution is -2.49. The van der Waals surface area contributed by atoms with Crippen LogP contribution < -0.4 is 5.32 Å². The number of ether oxygens (including phenoxy) is 1. The number of piperazine rings is 1. The van der Waals surface area contributed by atoms with E-state index in [1.807, 2.05) is 4.90 Å². The summed E-state index contributed by atoms with van der Waals surface area (Å²) in [5, 5.41) is 3.38. The highest BCUT2D eigenvalue weighted by atomic mass is 16.5. The Bertz CT molecular complexity index is 327. The highest BCUT2D eigenvalue weighted by molar-refractivity contribution is 5.76. The standard InChI is InChI=1S/C15H27N3O2/c19-15(4-10-20-12-13-1-2-13)18-7-3-14(11-18)17-8-5-16-6-9-17/h13-14,16H,1-12H2. The Morgan fingerprint density at radius 2 is 1.95 bits per heavy atom. The summed E-state index contributed by atoms with van der Waals surface area (Å²) in [6.45, 7) is 7.71. The zero-order valence-electron chi connectivity index (χ0n) is 12.4. The molecule has 0 aromatic rings. The van der Waals surface area contributed by atoms with Crippen LogP contribution in [0.4, 0.5) is 0 Å². The first-order valence-electron chi connectivity index (χ1n) is 8.13. The zero-order valence-corrected chi connectivity index (χ0v) is 12.4. The topological polar surface area (TPSA) is 44.8 Å². The number of nitrogens with zero attached hydrogens (tertiary/aromatic N) is 2. The maximum absolute atomic E-state index is 12.1. The molecule has 0 aromatic carbocycles. The van der Waals surface area contributed by atoms with Gasteiger partial charge in [0.1, 0.15) is 0 Å². The Balaban J connectivity index is 1.33. The molecule has 1 unspecified atom stereocenters. The summed E-state index contributed by atoms with van der Waals surface area (Å²) >= 11 is 0. The van der Waals surface area contributed by atoms with Crippen LogP contribution in [0.1, 0.15) is 25.7 Å². The molecule has 5 heteroatoms. The predicted octanol–water partition coefficient (Wildman–Crippen LogP) is 0.309. The van der Waals surface area contributed by atoms with Crippen molar-refractivity contribution >= 4 is 5.91 Å². The van der Waals surface area contributed by atoms with Gasteiger partial charge in [0.15, 0.2) is 0 Å². The minimum absolute atomic E-state index is 0.276. The van der Waals surface area contributed by atoms with Crippen LogP contribution in [0.15, 0.2) is 0 Å². The highest BCUT2D eigenvalue weighted by Crippen LogP contribution is 2.28. The average Bonchev–Trinajstić information content (AvgIpc) is 3.18. The number of carbonyl (C=O) groups is 1. The molecule has 2 aliphatic heterocycles. The van der Waals surface area contributed by atoms with Crippen molar-refractivity contribution < 1.29 is 9.53 Å². The zero-order chi connectivity index (χ0) is 13.8. The van der Waals surface area contributed by atoms with Gasteiger partial charge in [0.2, 0.25) is 5.91 Å². The van der Waals surface area contributed by atoms with E-state index in [1.54, 1.807) is 0 Å². The molecule has 1 atom stereocenters. The van der Waals surface area contributed by atoms with Crippen molar-refractivity contribution in [1.29, 1.82) is 0 Å². The molecular weight excluding hydrogens is 254 g/mol. The van der Waals surface area contributed by atoms with E-state index in [0.29, 0.717) is 19.1 Å². The fourth-order valence-corrected chi connectivity index (χ4v) is 3.17. The molecule has 0 bridgehead atoms. The number of rotatable bonds is 6. The Kier molecular flexibility index (Phi) is 4.91. The Labute approximate surface area is 121 Å². The van der Waals surface area contributed by atoms with Crippen molar-refractivity contribution in [2.24, 2.45) is 5.92 Å². The summed E-state index contributed by atoms with van der Waals surface area (Å²) in [5.74, 6) is 1.06. The molecule has 0 aromatic heterocycles. The van der Waals surface area contributed by atoms with E-state index in [0.717, 1.165) is 58.2 Å². The van der Waals surface area contributed by atoms with E-state index >= 15 is 0 Å². The fourth-order valence-electron chi connectivity index (χ4n) is 3.17. The normalized spacial score (nSPS) is 28.0. The van der Waals surface area contributed by atoms with Crippen LogP contribution in [0.5, 0.6) is 0 Å². The van der Waals surface area contributed by atoms with Gasteiger partial charge in [-0.2, -0.15) is 0 Å². The lowest BCUT2D eigenvalue weighted by molar-refractivity contribution is -0.131. The number of hydrogen-bond donors (Lipinski definition) is 1. The summed E-state index contributed by atoms with van der Waals surface area (Å²) < 4.78 is 5.56. The smallest absolute Gasteiger partial charge is 0.224 e. The van der Waals surface area contributed by atoms with Crippen molar-refractivity contribution in [3.8, 4) is 0 Å². The molecule has 3 aliphatic rings. The first-order valence-corrected chi connectivity index (χ1v) is 8.13. The molecule has 0 spiro atoms. The van der Waals surface area contributed by atoms with Crippen molar-refractivity contribution in [3.05, 3.63) is 0 Å². The summed E-state index contributed by atoms with van der Waals surface area (Å²) in [7, 11) is 0. The van der Waals surface area contributed by atoms with Gasteiger partial charge in [-0.15, -0.1) is 0 Å². The SMILES string of the molecule is O=C(CCOCC1CC1)N1CCC(N2CCNCC2)C1.